The summed E-state index contributed by atoms with van der Waals surface area (Å²) in [6.07, 6.45) is 3.19. The third kappa shape index (κ3) is 3.50. The second kappa shape index (κ2) is 6.13. The van der Waals surface area contributed by atoms with Gasteiger partial charge in [-0.15, -0.1) is 0 Å². The quantitative estimate of drug-likeness (QED) is 0.853. The lowest BCUT2D eigenvalue weighted by atomic mass is 10.1. The van der Waals surface area contributed by atoms with Crippen LogP contribution in [0.1, 0.15) is 37.1 Å². The molecule has 1 heterocycles. The standard InChI is InChI=1S/C17H20ClN3O/c1-11(9-12-3-7-14(22)8-4-12)21(2)16-10-15(18)19-17(20-16)13-5-6-13/h3-4,7-8,10-11,13,22H,5-6,9H2,1-2H3. The third-order valence-corrected chi connectivity index (χ3v) is 4.32. The Hall–Kier alpha value is -1.81. The van der Waals surface area contributed by atoms with Gasteiger partial charge in [-0.2, -0.15) is 0 Å². The highest BCUT2D eigenvalue weighted by Crippen LogP contribution is 2.39. The Morgan fingerprint density at radius 3 is 2.59 bits per heavy atom. The van der Waals surface area contributed by atoms with Crippen LogP contribution in [0.5, 0.6) is 5.75 Å². The molecule has 5 heteroatoms. The van der Waals surface area contributed by atoms with Crippen LogP contribution < -0.4 is 4.90 Å². The maximum Gasteiger partial charge on any atom is 0.135 e. The summed E-state index contributed by atoms with van der Waals surface area (Å²) in [7, 11) is 2.03. The molecule has 1 N–H and O–H groups in total. The Morgan fingerprint density at radius 1 is 1.27 bits per heavy atom. The van der Waals surface area contributed by atoms with Crippen molar-refractivity contribution in [3.05, 3.63) is 46.9 Å². The van der Waals surface area contributed by atoms with Gasteiger partial charge in [0.2, 0.25) is 0 Å². The number of nitrogens with zero attached hydrogens (tertiary/aromatic N) is 3. The largest absolute Gasteiger partial charge is 0.508 e. The Labute approximate surface area is 135 Å². The van der Waals surface area contributed by atoms with Crippen LogP contribution >= 0.6 is 11.6 Å². The minimum atomic E-state index is 0.266. The van der Waals surface area contributed by atoms with E-state index in [0.717, 1.165) is 30.9 Å². The summed E-state index contributed by atoms with van der Waals surface area (Å²) in [5, 5.41) is 9.86. The monoisotopic (exact) mass is 317 g/mol. The Bertz CT molecular complexity index is 655. The fourth-order valence-electron chi connectivity index (χ4n) is 2.46. The van der Waals surface area contributed by atoms with Crippen molar-refractivity contribution in [2.45, 2.75) is 38.1 Å². The van der Waals surface area contributed by atoms with Gasteiger partial charge in [-0.3, -0.25) is 0 Å². The fourth-order valence-corrected chi connectivity index (χ4v) is 2.65. The number of anilines is 1. The molecule has 1 aliphatic carbocycles. The zero-order chi connectivity index (χ0) is 15.7. The highest BCUT2D eigenvalue weighted by atomic mass is 35.5. The number of aromatic hydroxyl groups is 1. The normalized spacial score (nSPS) is 15.6. The number of phenols is 1. The van der Waals surface area contributed by atoms with Crippen LogP contribution in [-0.2, 0) is 6.42 Å². The lowest BCUT2D eigenvalue weighted by molar-refractivity contribution is 0.475. The first-order valence-corrected chi connectivity index (χ1v) is 7.96. The van der Waals surface area contributed by atoms with E-state index >= 15 is 0 Å². The van der Waals surface area contributed by atoms with Gasteiger partial charge in [0, 0.05) is 25.1 Å². The molecule has 2 aromatic rings. The van der Waals surface area contributed by atoms with E-state index in [9.17, 15) is 5.11 Å². The summed E-state index contributed by atoms with van der Waals surface area (Å²) in [6.45, 7) is 2.15. The van der Waals surface area contributed by atoms with Gasteiger partial charge < -0.3 is 10.0 Å². The summed E-state index contributed by atoms with van der Waals surface area (Å²) in [5.74, 6) is 2.51. The van der Waals surface area contributed by atoms with Crippen LogP contribution in [-0.4, -0.2) is 28.2 Å². The maximum absolute atomic E-state index is 9.35. The van der Waals surface area contributed by atoms with Gasteiger partial charge in [-0.05, 0) is 43.9 Å². The number of hydrogen-bond acceptors (Lipinski definition) is 4. The second-order valence-corrected chi connectivity index (χ2v) is 6.40. The molecule has 0 amide bonds. The number of aromatic nitrogens is 2. The molecule has 3 rings (SSSR count). The van der Waals surface area contributed by atoms with E-state index in [-0.39, 0.29) is 6.04 Å². The number of rotatable bonds is 5. The zero-order valence-corrected chi connectivity index (χ0v) is 13.6. The van der Waals surface area contributed by atoms with Crippen molar-refractivity contribution in [1.82, 2.24) is 9.97 Å². The van der Waals surface area contributed by atoms with E-state index in [4.69, 9.17) is 11.6 Å². The van der Waals surface area contributed by atoms with Crippen LogP contribution in [0.25, 0.3) is 0 Å². The molecule has 1 saturated carbocycles. The number of halogens is 1. The van der Waals surface area contributed by atoms with Crippen molar-refractivity contribution < 1.29 is 5.11 Å². The average Bonchev–Trinajstić information content (AvgIpc) is 3.33. The van der Waals surface area contributed by atoms with Gasteiger partial charge >= 0.3 is 0 Å². The Kier molecular flexibility index (Phi) is 4.21. The van der Waals surface area contributed by atoms with E-state index in [1.54, 1.807) is 12.1 Å². The molecule has 0 saturated heterocycles. The predicted molar refractivity (Wildman–Crippen MR) is 88.7 cm³/mol. The molecule has 1 atom stereocenters. The molecule has 0 aliphatic heterocycles. The molecule has 1 aromatic heterocycles. The number of phenolic OH excluding ortho intramolecular Hbond substituents is 1. The smallest absolute Gasteiger partial charge is 0.135 e. The van der Waals surface area contributed by atoms with Crippen molar-refractivity contribution in [2.75, 3.05) is 11.9 Å². The molecular formula is C17H20ClN3O. The van der Waals surface area contributed by atoms with Crippen molar-refractivity contribution >= 4 is 17.4 Å². The number of hydrogen-bond donors (Lipinski definition) is 1. The molecule has 1 aromatic carbocycles. The molecule has 0 bridgehead atoms. The van der Waals surface area contributed by atoms with Gasteiger partial charge in [0.25, 0.3) is 0 Å². The van der Waals surface area contributed by atoms with Gasteiger partial charge in [0.05, 0.1) is 0 Å². The van der Waals surface area contributed by atoms with Crippen molar-refractivity contribution in [2.24, 2.45) is 0 Å². The fraction of sp³-hybridized carbons (Fsp3) is 0.412. The molecule has 1 fully saturated rings. The minimum absolute atomic E-state index is 0.266. The molecular weight excluding hydrogens is 298 g/mol. The van der Waals surface area contributed by atoms with Crippen molar-refractivity contribution in [3.8, 4) is 5.75 Å². The molecule has 1 unspecified atom stereocenters. The van der Waals surface area contributed by atoms with Crippen LogP contribution in [0.3, 0.4) is 0 Å². The summed E-state index contributed by atoms with van der Waals surface area (Å²) < 4.78 is 0. The van der Waals surface area contributed by atoms with Crippen LogP contribution in [0, 0.1) is 0 Å². The molecule has 0 radical (unpaired) electrons. The lowest BCUT2D eigenvalue weighted by Crippen LogP contribution is -2.31. The van der Waals surface area contributed by atoms with E-state index < -0.39 is 0 Å². The van der Waals surface area contributed by atoms with E-state index in [0.29, 0.717) is 16.8 Å². The summed E-state index contributed by atoms with van der Waals surface area (Å²) in [4.78, 5) is 11.1. The minimum Gasteiger partial charge on any atom is -0.508 e. The van der Waals surface area contributed by atoms with Crippen molar-refractivity contribution in [3.63, 3.8) is 0 Å². The number of benzene rings is 1. The van der Waals surface area contributed by atoms with Gasteiger partial charge in [-0.1, -0.05) is 23.7 Å². The summed E-state index contributed by atoms with van der Waals surface area (Å²) >= 11 is 6.14. The Balaban J connectivity index is 1.74. The highest BCUT2D eigenvalue weighted by molar-refractivity contribution is 6.29. The number of likely N-dealkylation sites (N-methyl/N-ethyl adjacent to an activating group) is 1. The lowest BCUT2D eigenvalue weighted by Gasteiger charge is -2.26. The Morgan fingerprint density at radius 2 is 1.95 bits per heavy atom. The van der Waals surface area contributed by atoms with E-state index in [1.807, 2.05) is 25.2 Å². The topological polar surface area (TPSA) is 49.2 Å². The van der Waals surface area contributed by atoms with Crippen LogP contribution in [0.2, 0.25) is 5.15 Å². The summed E-state index contributed by atoms with van der Waals surface area (Å²) in [6, 6.07) is 9.41. The maximum atomic E-state index is 9.35. The zero-order valence-electron chi connectivity index (χ0n) is 12.8. The molecule has 22 heavy (non-hydrogen) atoms. The predicted octanol–water partition coefficient (Wildman–Crippen LogP) is 3.78. The van der Waals surface area contributed by atoms with Gasteiger partial charge in [0.1, 0.15) is 22.5 Å². The van der Waals surface area contributed by atoms with Crippen LogP contribution in [0.15, 0.2) is 30.3 Å². The molecule has 4 nitrogen and oxygen atoms in total. The van der Waals surface area contributed by atoms with Gasteiger partial charge in [0.15, 0.2) is 0 Å². The summed E-state index contributed by atoms with van der Waals surface area (Å²) in [5.41, 5.74) is 1.18. The van der Waals surface area contributed by atoms with E-state index in [1.165, 1.54) is 5.56 Å². The van der Waals surface area contributed by atoms with Gasteiger partial charge in [-0.25, -0.2) is 9.97 Å². The third-order valence-electron chi connectivity index (χ3n) is 4.13. The van der Waals surface area contributed by atoms with E-state index in [2.05, 4.69) is 21.8 Å². The second-order valence-electron chi connectivity index (χ2n) is 6.01. The first kappa shape index (κ1) is 15.1. The molecule has 116 valence electrons. The first-order valence-electron chi connectivity index (χ1n) is 7.58. The molecule has 1 aliphatic rings. The van der Waals surface area contributed by atoms with Crippen molar-refractivity contribution in [1.29, 1.82) is 0 Å². The van der Waals surface area contributed by atoms with Crippen LogP contribution in [0.4, 0.5) is 5.82 Å². The SMILES string of the molecule is CC(Cc1ccc(O)cc1)N(C)c1cc(Cl)nc(C2CC2)n1. The highest BCUT2D eigenvalue weighted by Gasteiger charge is 2.28. The first-order chi connectivity index (χ1) is 10.5. The average molecular weight is 318 g/mol. The molecule has 0 spiro atoms.